The van der Waals surface area contributed by atoms with Gasteiger partial charge in [0.05, 0.1) is 0 Å². The standard InChI is InChI=1S/C35H40N2O/c1-25-5-3-4-6-33(25)26(2)29-9-7-27-8-10-30(24-31(27)23-29)34(38)28-11-15-35(16-12-28)17-21-37(22-18-35)32-13-19-36-20-14-32/h3-6,8,10,13-14,19-20,24,28-29H,2,7,9,11-12,15-18,21-23H2,1H3. The number of pyridine rings is 1. The second-order valence-corrected chi connectivity index (χ2v) is 12.1. The molecule has 2 aliphatic carbocycles. The van der Waals surface area contributed by atoms with Gasteiger partial charge in [-0.2, -0.15) is 0 Å². The number of nitrogens with zero attached hydrogens (tertiary/aromatic N) is 2. The lowest BCUT2D eigenvalue weighted by molar-refractivity contribution is 0.0750. The average molecular weight is 505 g/mol. The summed E-state index contributed by atoms with van der Waals surface area (Å²) in [5.74, 6) is 0.997. The molecule has 1 atom stereocenters. The molecule has 0 bridgehead atoms. The van der Waals surface area contributed by atoms with Gasteiger partial charge in [-0.25, -0.2) is 0 Å². The predicted molar refractivity (Wildman–Crippen MR) is 157 cm³/mol. The molecule has 3 aliphatic rings. The first-order valence-electron chi connectivity index (χ1n) is 14.6. The van der Waals surface area contributed by atoms with Crippen molar-refractivity contribution in [1.29, 1.82) is 0 Å². The number of carbonyl (C=O) groups is 1. The first-order valence-corrected chi connectivity index (χ1v) is 14.6. The highest BCUT2D eigenvalue weighted by atomic mass is 16.1. The van der Waals surface area contributed by atoms with E-state index in [0.29, 0.717) is 17.1 Å². The number of hydrogen-bond donors (Lipinski definition) is 0. The number of piperidine rings is 1. The summed E-state index contributed by atoms with van der Waals surface area (Å²) in [5, 5.41) is 0. The van der Waals surface area contributed by atoms with Crippen molar-refractivity contribution in [2.24, 2.45) is 17.3 Å². The van der Waals surface area contributed by atoms with E-state index in [-0.39, 0.29) is 5.92 Å². The number of anilines is 1. The molecule has 1 spiro atoms. The zero-order valence-electron chi connectivity index (χ0n) is 22.8. The lowest BCUT2D eigenvalue weighted by atomic mass is 9.64. The number of aryl methyl sites for hydroxylation is 2. The van der Waals surface area contributed by atoms with Crippen LogP contribution in [0.2, 0.25) is 0 Å². The molecule has 3 aromatic rings. The molecule has 1 saturated heterocycles. The van der Waals surface area contributed by atoms with Crippen molar-refractivity contribution in [2.45, 2.75) is 64.7 Å². The van der Waals surface area contributed by atoms with Crippen molar-refractivity contribution < 1.29 is 4.79 Å². The fourth-order valence-corrected chi connectivity index (χ4v) is 7.38. The van der Waals surface area contributed by atoms with Crippen molar-refractivity contribution in [3.8, 4) is 0 Å². The van der Waals surface area contributed by atoms with Gasteiger partial charge in [0.2, 0.25) is 0 Å². The van der Waals surface area contributed by atoms with E-state index < -0.39 is 0 Å². The van der Waals surface area contributed by atoms with Gasteiger partial charge in [-0.05, 0) is 122 Å². The van der Waals surface area contributed by atoms with E-state index in [1.165, 1.54) is 59.2 Å². The van der Waals surface area contributed by atoms with Crippen LogP contribution < -0.4 is 4.90 Å². The Morgan fingerprint density at radius 3 is 2.37 bits per heavy atom. The molecule has 1 saturated carbocycles. The smallest absolute Gasteiger partial charge is 0.165 e. The van der Waals surface area contributed by atoms with Crippen LogP contribution in [0.15, 0.2) is 73.6 Å². The summed E-state index contributed by atoms with van der Waals surface area (Å²) in [6, 6.07) is 19.4. The molecular weight excluding hydrogens is 464 g/mol. The van der Waals surface area contributed by atoms with Crippen LogP contribution in [0.1, 0.15) is 77.6 Å². The Balaban J connectivity index is 1.08. The van der Waals surface area contributed by atoms with Crippen LogP contribution in [-0.4, -0.2) is 23.9 Å². The molecule has 1 unspecified atom stereocenters. The first-order chi connectivity index (χ1) is 18.5. The molecule has 2 heterocycles. The number of Topliss-reactive ketones (excluding diaryl/α,β-unsaturated/α-hetero) is 1. The Hall–Kier alpha value is -3.20. The number of hydrogen-bond acceptors (Lipinski definition) is 3. The molecule has 0 amide bonds. The van der Waals surface area contributed by atoms with Gasteiger partial charge >= 0.3 is 0 Å². The van der Waals surface area contributed by atoms with E-state index in [0.717, 1.165) is 50.8 Å². The van der Waals surface area contributed by atoms with Crippen molar-refractivity contribution >= 4 is 17.0 Å². The Morgan fingerprint density at radius 2 is 1.63 bits per heavy atom. The van der Waals surface area contributed by atoms with E-state index in [4.69, 9.17) is 0 Å². The Morgan fingerprint density at radius 1 is 0.895 bits per heavy atom. The van der Waals surface area contributed by atoms with Gasteiger partial charge in [-0.1, -0.05) is 43.0 Å². The maximum Gasteiger partial charge on any atom is 0.165 e. The minimum atomic E-state index is 0.179. The van der Waals surface area contributed by atoms with Crippen LogP contribution >= 0.6 is 0 Å². The number of carbonyl (C=O) groups excluding carboxylic acids is 1. The molecule has 196 valence electrons. The van der Waals surface area contributed by atoms with E-state index in [9.17, 15) is 4.79 Å². The SMILES string of the molecule is C=C(c1ccccc1C)C1CCc2ccc(C(=O)C3CCC4(CC3)CCN(c3ccncc3)CC4)cc2C1. The normalized spacial score (nSPS) is 21.2. The van der Waals surface area contributed by atoms with Crippen LogP contribution in [-0.2, 0) is 12.8 Å². The summed E-state index contributed by atoms with van der Waals surface area (Å²) < 4.78 is 0. The van der Waals surface area contributed by atoms with Crippen molar-refractivity contribution in [3.05, 3.63) is 101 Å². The number of benzene rings is 2. The average Bonchev–Trinajstić information content (AvgIpc) is 2.97. The third-order valence-electron chi connectivity index (χ3n) is 9.97. The molecule has 2 aromatic carbocycles. The number of aromatic nitrogens is 1. The van der Waals surface area contributed by atoms with Crippen molar-refractivity contribution in [2.75, 3.05) is 18.0 Å². The maximum absolute atomic E-state index is 13.6. The Bertz CT molecular complexity index is 1310. The summed E-state index contributed by atoms with van der Waals surface area (Å²) >= 11 is 0. The second-order valence-electron chi connectivity index (χ2n) is 12.1. The molecule has 3 nitrogen and oxygen atoms in total. The van der Waals surface area contributed by atoms with Gasteiger partial charge in [0.15, 0.2) is 5.78 Å². The lowest BCUT2D eigenvalue weighted by Crippen LogP contribution is -2.42. The molecule has 0 radical (unpaired) electrons. The number of rotatable bonds is 5. The summed E-state index contributed by atoms with van der Waals surface area (Å²) in [7, 11) is 0. The topological polar surface area (TPSA) is 33.2 Å². The van der Waals surface area contributed by atoms with Crippen LogP contribution in [0, 0.1) is 24.2 Å². The minimum Gasteiger partial charge on any atom is -0.371 e. The van der Waals surface area contributed by atoms with Gasteiger partial charge < -0.3 is 4.90 Å². The third kappa shape index (κ3) is 4.96. The van der Waals surface area contributed by atoms with Gasteiger partial charge in [0.1, 0.15) is 0 Å². The Kier molecular flexibility index (Phi) is 6.95. The molecular formula is C35H40N2O. The molecule has 6 rings (SSSR count). The van der Waals surface area contributed by atoms with Crippen LogP contribution in [0.4, 0.5) is 5.69 Å². The highest BCUT2D eigenvalue weighted by Gasteiger charge is 2.40. The highest BCUT2D eigenvalue weighted by molar-refractivity contribution is 5.98. The van der Waals surface area contributed by atoms with Gasteiger partial charge in [0, 0.05) is 42.7 Å². The summed E-state index contributed by atoms with van der Waals surface area (Å²) in [6.45, 7) is 8.90. The number of allylic oxidation sites excluding steroid dienone is 1. The fraction of sp³-hybridized carbons (Fsp3) is 0.429. The van der Waals surface area contributed by atoms with Crippen LogP contribution in [0.3, 0.4) is 0 Å². The third-order valence-corrected chi connectivity index (χ3v) is 9.97. The molecule has 0 N–H and O–H groups in total. The van der Waals surface area contributed by atoms with E-state index >= 15 is 0 Å². The maximum atomic E-state index is 13.6. The quantitative estimate of drug-likeness (QED) is 0.332. The van der Waals surface area contributed by atoms with Crippen molar-refractivity contribution in [3.63, 3.8) is 0 Å². The minimum absolute atomic E-state index is 0.179. The van der Waals surface area contributed by atoms with Crippen LogP contribution in [0.5, 0.6) is 0 Å². The first kappa shape index (κ1) is 25.1. The molecule has 2 fully saturated rings. The summed E-state index contributed by atoms with van der Waals surface area (Å²) in [5.41, 5.74) is 9.25. The lowest BCUT2D eigenvalue weighted by Gasteiger charge is -2.46. The molecule has 1 aliphatic heterocycles. The second kappa shape index (κ2) is 10.5. The molecule has 1 aromatic heterocycles. The van der Waals surface area contributed by atoms with Gasteiger partial charge in [-0.15, -0.1) is 0 Å². The van der Waals surface area contributed by atoms with Crippen molar-refractivity contribution in [1.82, 2.24) is 4.98 Å². The fourth-order valence-electron chi connectivity index (χ4n) is 7.38. The van der Waals surface area contributed by atoms with E-state index in [1.54, 1.807) is 0 Å². The van der Waals surface area contributed by atoms with E-state index in [1.807, 2.05) is 12.4 Å². The zero-order chi connectivity index (χ0) is 26.1. The monoisotopic (exact) mass is 504 g/mol. The predicted octanol–water partition coefficient (Wildman–Crippen LogP) is 7.87. The summed E-state index contributed by atoms with van der Waals surface area (Å²) in [4.78, 5) is 20.3. The number of ketones is 1. The Labute approximate surface area is 228 Å². The largest absolute Gasteiger partial charge is 0.371 e. The van der Waals surface area contributed by atoms with E-state index in [2.05, 4.69) is 78.0 Å². The highest BCUT2D eigenvalue weighted by Crippen LogP contribution is 2.47. The van der Waals surface area contributed by atoms with Gasteiger partial charge in [-0.3, -0.25) is 9.78 Å². The summed E-state index contributed by atoms with van der Waals surface area (Å²) in [6.07, 6.45) is 13.9. The van der Waals surface area contributed by atoms with Gasteiger partial charge in [0.25, 0.3) is 0 Å². The van der Waals surface area contributed by atoms with Crippen LogP contribution in [0.25, 0.3) is 5.57 Å². The zero-order valence-corrected chi connectivity index (χ0v) is 22.8. The molecule has 38 heavy (non-hydrogen) atoms. The molecule has 3 heteroatoms. The number of fused-ring (bicyclic) bond motifs is 1.